The molecular weight excluding hydrogens is 232 g/mol. The summed E-state index contributed by atoms with van der Waals surface area (Å²) in [4.78, 5) is 0. The molecule has 0 aromatic heterocycles. The zero-order valence-corrected chi connectivity index (χ0v) is 12.7. The Balaban J connectivity index is 0.00000154. The van der Waals surface area contributed by atoms with Gasteiger partial charge in [-0.3, -0.25) is 0 Å². The van der Waals surface area contributed by atoms with Crippen molar-refractivity contribution in [2.24, 2.45) is 0 Å². The predicted molar refractivity (Wildman–Crippen MR) is 84.5 cm³/mol. The first-order valence-electron chi connectivity index (χ1n) is 7.01. The van der Waals surface area contributed by atoms with Crippen LogP contribution in [0.4, 0.5) is 0 Å². The molecule has 0 radical (unpaired) electrons. The van der Waals surface area contributed by atoms with E-state index < -0.39 is 0 Å². The minimum Gasteiger partial charge on any atom is -0.486 e. The molecule has 0 bridgehead atoms. The van der Waals surface area contributed by atoms with E-state index in [0.29, 0.717) is 0 Å². The van der Waals surface area contributed by atoms with Crippen molar-refractivity contribution in [1.29, 1.82) is 0 Å². The van der Waals surface area contributed by atoms with Crippen molar-refractivity contribution in [2.75, 3.05) is 0 Å². The molecule has 0 fully saturated rings. The Kier molecular flexibility index (Phi) is 9.35. The highest BCUT2D eigenvalue weighted by atomic mass is 16.5. The molecule has 0 spiro atoms. The van der Waals surface area contributed by atoms with Crippen LogP contribution in [0.2, 0.25) is 0 Å². The molecule has 1 nitrogen and oxygen atoms in total. The molecule has 0 saturated heterocycles. The summed E-state index contributed by atoms with van der Waals surface area (Å²) < 4.78 is 5.84. The summed E-state index contributed by atoms with van der Waals surface area (Å²) in [6, 6.07) is 8.13. The molecular formula is C18H26O. The first kappa shape index (κ1) is 17.3. The molecule has 1 heteroatoms. The van der Waals surface area contributed by atoms with Crippen LogP contribution < -0.4 is 4.74 Å². The van der Waals surface area contributed by atoms with Gasteiger partial charge < -0.3 is 4.74 Å². The van der Waals surface area contributed by atoms with Crippen molar-refractivity contribution in [1.82, 2.24) is 0 Å². The molecule has 1 unspecified atom stereocenters. The first-order valence-corrected chi connectivity index (χ1v) is 7.01. The van der Waals surface area contributed by atoms with Gasteiger partial charge in [0.1, 0.15) is 11.9 Å². The van der Waals surface area contributed by atoms with Crippen LogP contribution in [-0.2, 0) is 6.42 Å². The van der Waals surface area contributed by atoms with Crippen LogP contribution >= 0.6 is 0 Å². The second-order valence-corrected chi connectivity index (χ2v) is 4.21. The van der Waals surface area contributed by atoms with Crippen LogP contribution in [-0.4, -0.2) is 6.10 Å². The van der Waals surface area contributed by atoms with Crippen LogP contribution in [0.25, 0.3) is 0 Å². The maximum atomic E-state index is 5.84. The lowest BCUT2D eigenvalue weighted by Crippen LogP contribution is -2.15. The molecule has 0 heterocycles. The van der Waals surface area contributed by atoms with Gasteiger partial charge in [-0.25, -0.2) is 0 Å². The molecule has 19 heavy (non-hydrogen) atoms. The molecule has 1 aromatic rings. The molecule has 0 N–H and O–H groups in total. The van der Waals surface area contributed by atoms with Crippen LogP contribution in [0.3, 0.4) is 0 Å². The van der Waals surface area contributed by atoms with E-state index in [1.807, 2.05) is 32.9 Å². The molecule has 104 valence electrons. The summed E-state index contributed by atoms with van der Waals surface area (Å²) in [5, 5.41) is 0. The van der Waals surface area contributed by atoms with Crippen LogP contribution in [0.5, 0.6) is 5.75 Å². The summed E-state index contributed by atoms with van der Waals surface area (Å²) in [5.74, 6) is 3.54. The van der Waals surface area contributed by atoms with Crippen LogP contribution in [0, 0.1) is 12.3 Å². The largest absolute Gasteiger partial charge is 0.486 e. The number of terminal acetylenes is 1. The Labute approximate surface area is 118 Å². The Hall–Kier alpha value is -1.68. The van der Waals surface area contributed by atoms with Gasteiger partial charge in [0, 0.05) is 6.42 Å². The third-order valence-electron chi connectivity index (χ3n) is 2.68. The second kappa shape index (κ2) is 10.3. The molecule has 0 amide bonds. The van der Waals surface area contributed by atoms with E-state index >= 15 is 0 Å². The smallest absolute Gasteiger partial charge is 0.120 e. The summed E-state index contributed by atoms with van der Waals surface area (Å²) in [6.45, 7) is 12.0. The van der Waals surface area contributed by atoms with E-state index in [4.69, 9.17) is 11.2 Å². The summed E-state index contributed by atoms with van der Waals surface area (Å²) in [5.41, 5.74) is 2.31. The van der Waals surface area contributed by atoms with Gasteiger partial charge in [0.05, 0.1) is 0 Å². The lowest BCUT2D eigenvalue weighted by Gasteiger charge is -2.17. The Morgan fingerprint density at radius 1 is 1.32 bits per heavy atom. The van der Waals surface area contributed by atoms with Crippen molar-refractivity contribution in [2.45, 2.75) is 53.1 Å². The highest BCUT2D eigenvalue weighted by Gasteiger charge is 2.08. The average molecular weight is 258 g/mol. The lowest BCUT2D eigenvalue weighted by atomic mass is 10.1. The minimum atomic E-state index is 0.103. The summed E-state index contributed by atoms with van der Waals surface area (Å²) in [6.07, 6.45) is 7.99. The quantitative estimate of drug-likeness (QED) is 0.514. The van der Waals surface area contributed by atoms with Crippen LogP contribution in [0.15, 0.2) is 36.4 Å². The first-order chi connectivity index (χ1) is 9.17. The minimum absolute atomic E-state index is 0.103. The lowest BCUT2D eigenvalue weighted by molar-refractivity contribution is 0.233. The van der Waals surface area contributed by atoms with Crippen LogP contribution in [0.1, 0.15) is 46.1 Å². The summed E-state index contributed by atoms with van der Waals surface area (Å²) in [7, 11) is 0. The third-order valence-corrected chi connectivity index (χ3v) is 2.68. The molecule has 1 rings (SSSR count). The van der Waals surface area contributed by atoms with Crippen molar-refractivity contribution in [3.05, 3.63) is 42.0 Å². The molecule has 0 aliphatic rings. The van der Waals surface area contributed by atoms with E-state index in [1.165, 1.54) is 5.56 Å². The number of ether oxygens (including phenoxy) is 1. The monoisotopic (exact) mass is 258 g/mol. The SMILES string of the molecule is C#CCCc1ccc(OC(CC)C(=C)C)cc1.CC. The fraction of sp³-hybridized carbons (Fsp3) is 0.444. The highest BCUT2D eigenvalue weighted by Crippen LogP contribution is 2.18. The number of hydrogen-bond donors (Lipinski definition) is 0. The van der Waals surface area contributed by atoms with Gasteiger partial charge in [-0.15, -0.1) is 12.3 Å². The fourth-order valence-electron chi connectivity index (χ4n) is 1.65. The van der Waals surface area contributed by atoms with Gasteiger partial charge in [-0.05, 0) is 43.0 Å². The number of benzene rings is 1. The van der Waals surface area contributed by atoms with E-state index in [2.05, 4.69) is 31.6 Å². The highest BCUT2D eigenvalue weighted by molar-refractivity contribution is 5.28. The van der Waals surface area contributed by atoms with E-state index in [1.54, 1.807) is 0 Å². The Morgan fingerprint density at radius 2 is 1.89 bits per heavy atom. The Bertz CT molecular complexity index is 395. The number of aryl methyl sites for hydroxylation is 1. The van der Waals surface area contributed by atoms with Gasteiger partial charge in [0.25, 0.3) is 0 Å². The number of hydrogen-bond acceptors (Lipinski definition) is 1. The predicted octanol–water partition coefficient (Wildman–Crippen LogP) is 5.01. The zero-order chi connectivity index (χ0) is 14.7. The van der Waals surface area contributed by atoms with Crippen molar-refractivity contribution in [3.63, 3.8) is 0 Å². The zero-order valence-electron chi connectivity index (χ0n) is 12.7. The van der Waals surface area contributed by atoms with E-state index in [-0.39, 0.29) is 6.10 Å². The van der Waals surface area contributed by atoms with Gasteiger partial charge >= 0.3 is 0 Å². The third kappa shape index (κ3) is 6.72. The van der Waals surface area contributed by atoms with Crippen molar-refractivity contribution >= 4 is 0 Å². The molecule has 1 aromatic carbocycles. The topological polar surface area (TPSA) is 9.23 Å². The van der Waals surface area contributed by atoms with E-state index in [0.717, 1.165) is 30.6 Å². The van der Waals surface area contributed by atoms with E-state index in [9.17, 15) is 0 Å². The summed E-state index contributed by atoms with van der Waals surface area (Å²) >= 11 is 0. The van der Waals surface area contributed by atoms with Gasteiger partial charge in [0.2, 0.25) is 0 Å². The Morgan fingerprint density at radius 3 is 2.32 bits per heavy atom. The second-order valence-electron chi connectivity index (χ2n) is 4.21. The molecule has 0 aliphatic carbocycles. The maximum Gasteiger partial charge on any atom is 0.120 e. The van der Waals surface area contributed by atoms with Crippen molar-refractivity contribution < 1.29 is 4.74 Å². The fourth-order valence-corrected chi connectivity index (χ4v) is 1.65. The molecule has 0 saturated carbocycles. The normalized spacial score (nSPS) is 10.7. The van der Waals surface area contributed by atoms with Gasteiger partial charge in [0.15, 0.2) is 0 Å². The number of rotatable bonds is 6. The standard InChI is InChI=1S/C16H20O.C2H6/c1-5-7-8-14-9-11-15(12-10-14)17-16(6-2)13(3)4;1-2/h1,9-12,16H,3,6-8H2,2,4H3;1-2H3. The molecule has 0 aliphatic heterocycles. The van der Waals surface area contributed by atoms with Gasteiger partial charge in [-0.1, -0.05) is 39.5 Å². The van der Waals surface area contributed by atoms with Crippen molar-refractivity contribution in [3.8, 4) is 18.1 Å². The average Bonchev–Trinajstić information content (AvgIpc) is 2.45. The van der Waals surface area contributed by atoms with Gasteiger partial charge in [-0.2, -0.15) is 0 Å². The maximum absolute atomic E-state index is 5.84. The molecule has 1 atom stereocenters.